The Kier molecular flexibility index (Phi) is 3.67. The van der Waals surface area contributed by atoms with Crippen LogP contribution >= 0.6 is 0 Å². The summed E-state index contributed by atoms with van der Waals surface area (Å²) < 4.78 is 4.96. The maximum absolute atomic E-state index is 11.4. The number of nitro benzene ring substituents is 1. The summed E-state index contributed by atoms with van der Waals surface area (Å²) in [4.78, 5) is 28.0. The molecule has 0 saturated carbocycles. The molecule has 1 aromatic carbocycles. The van der Waals surface area contributed by atoms with Crippen molar-refractivity contribution in [2.45, 2.75) is 0 Å². The third-order valence-electron chi connectivity index (χ3n) is 2.18. The Balaban J connectivity index is 1.97. The van der Waals surface area contributed by atoms with Crippen molar-refractivity contribution in [3.8, 4) is 5.75 Å². The zero-order chi connectivity index (χ0) is 13.7. The minimum Gasteiger partial charge on any atom is -0.423 e. The molecule has 0 spiro atoms. The fourth-order valence-electron chi connectivity index (χ4n) is 1.30. The lowest BCUT2D eigenvalue weighted by Gasteiger charge is -1.99. The lowest BCUT2D eigenvalue weighted by molar-refractivity contribution is -0.384. The minimum absolute atomic E-state index is 0.0631. The van der Waals surface area contributed by atoms with Crippen molar-refractivity contribution < 1.29 is 14.5 Å². The molecule has 0 radical (unpaired) electrons. The van der Waals surface area contributed by atoms with Gasteiger partial charge in [-0.2, -0.15) is 0 Å². The number of aromatic nitrogens is 2. The van der Waals surface area contributed by atoms with E-state index in [0.29, 0.717) is 5.69 Å². The molecule has 0 unspecified atom stereocenters. The van der Waals surface area contributed by atoms with Gasteiger partial charge in [-0.15, -0.1) is 0 Å². The molecule has 96 valence electrons. The standard InChI is InChI=1S/C12H9N3O4/c16-12(6-1-9-7-13-8-14-9)19-11-4-2-10(3-5-11)15(17)18/h1-8H,(H,13,14). The first kappa shape index (κ1) is 12.5. The van der Waals surface area contributed by atoms with Gasteiger partial charge in [0.25, 0.3) is 5.69 Å². The predicted molar refractivity (Wildman–Crippen MR) is 66.4 cm³/mol. The summed E-state index contributed by atoms with van der Waals surface area (Å²) in [6.07, 6.45) is 5.82. The molecule has 1 heterocycles. The molecule has 0 atom stereocenters. The van der Waals surface area contributed by atoms with Crippen LogP contribution in [0.1, 0.15) is 5.69 Å². The van der Waals surface area contributed by atoms with E-state index in [4.69, 9.17) is 4.74 Å². The van der Waals surface area contributed by atoms with Gasteiger partial charge in [0.15, 0.2) is 0 Å². The van der Waals surface area contributed by atoms with Gasteiger partial charge in [0.1, 0.15) is 5.75 Å². The monoisotopic (exact) mass is 259 g/mol. The van der Waals surface area contributed by atoms with E-state index in [1.54, 1.807) is 6.20 Å². The number of esters is 1. The molecule has 0 amide bonds. The number of nitrogens with one attached hydrogen (secondary N) is 1. The van der Waals surface area contributed by atoms with Gasteiger partial charge < -0.3 is 9.72 Å². The van der Waals surface area contributed by atoms with Gasteiger partial charge in [0.2, 0.25) is 0 Å². The van der Waals surface area contributed by atoms with E-state index in [0.717, 1.165) is 0 Å². The number of hydrogen-bond donors (Lipinski definition) is 1. The quantitative estimate of drug-likeness (QED) is 0.297. The summed E-state index contributed by atoms with van der Waals surface area (Å²) in [5.41, 5.74) is 0.535. The number of rotatable bonds is 4. The third kappa shape index (κ3) is 3.50. The van der Waals surface area contributed by atoms with Crippen molar-refractivity contribution >= 4 is 17.7 Å². The largest absolute Gasteiger partial charge is 0.423 e. The maximum Gasteiger partial charge on any atom is 0.336 e. The highest BCUT2D eigenvalue weighted by Crippen LogP contribution is 2.17. The molecule has 19 heavy (non-hydrogen) atoms. The molecule has 7 heteroatoms. The van der Waals surface area contributed by atoms with E-state index in [-0.39, 0.29) is 11.4 Å². The second-order valence-corrected chi connectivity index (χ2v) is 3.50. The van der Waals surface area contributed by atoms with Crippen LogP contribution in [0.5, 0.6) is 5.75 Å². The molecule has 0 saturated heterocycles. The number of benzene rings is 1. The summed E-state index contributed by atoms with van der Waals surface area (Å²) in [6, 6.07) is 5.25. The number of carbonyl (C=O) groups excluding carboxylic acids is 1. The Morgan fingerprint density at radius 3 is 2.68 bits per heavy atom. The van der Waals surface area contributed by atoms with Gasteiger partial charge in [-0.05, 0) is 18.2 Å². The van der Waals surface area contributed by atoms with Gasteiger partial charge in [-0.25, -0.2) is 9.78 Å². The van der Waals surface area contributed by atoms with E-state index < -0.39 is 10.9 Å². The Hall–Kier alpha value is -2.96. The zero-order valence-electron chi connectivity index (χ0n) is 9.65. The van der Waals surface area contributed by atoms with Crippen molar-refractivity contribution in [2.75, 3.05) is 0 Å². The summed E-state index contributed by atoms with van der Waals surface area (Å²) >= 11 is 0. The molecule has 0 fully saturated rings. The van der Waals surface area contributed by atoms with Crippen LogP contribution in [0.15, 0.2) is 42.9 Å². The second-order valence-electron chi connectivity index (χ2n) is 3.50. The van der Waals surface area contributed by atoms with E-state index >= 15 is 0 Å². The highest BCUT2D eigenvalue weighted by atomic mass is 16.6. The van der Waals surface area contributed by atoms with Crippen molar-refractivity contribution in [1.29, 1.82) is 0 Å². The van der Waals surface area contributed by atoms with Crippen molar-refractivity contribution in [2.24, 2.45) is 0 Å². The smallest absolute Gasteiger partial charge is 0.336 e. The average Bonchev–Trinajstić information content (AvgIpc) is 2.90. The van der Waals surface area contributed by atoms with Crippen molar-refractivity contribution in [3.63, 3.8) is 0 Å². The van der Waals surface area contributed by atoms with Crippen LogP contribution in [0, 0.1) is 10.1 Å². The first-order valence-electron chi connectivity index (χ1n) is 5.28. The van der Waals surface area contributed by atoms with Crippen LogP contribution in [0.3, 0.4) is 0 Å². The fourth-order valence-corrected chi connectivity index (χ4v) is 1.30. The summed E-state index contributed by atoms with van der Waals surface area (Å²) in [5, 5.41) is 10.4. The third-order valence-corrected chi connectivity index (χ3v) is 2.18. The van der Waals surface area contributed by atoms with Gasteiger partial charge in [0.05, 0.1) is 16.9 Å². The topological polar surface area (TPSA) is 98.1 Å². The van der Waals surface area contributed by atoms with Crippen LogP contribution in [0.2, 0.25) is 0 Å². The second kappa shape index (κ2) is 5.58. The minimum atomic E-state index is -0.586. The Bertz CT molecular complexity index is 602. The van der Waals surface area contributed by atoms with Crippen LogP contribution in [0.4, 0.5) is 5.69 Å². The molecular formula is C12H9N3O4. The number of ether oxygens (including phenoxy) is 1. The van der Waals surface area contributed by atoms with Crippen molar-refractivity contribution in [3.05, 3.63) is 58.7 Å². The predicted octanol–water partition coefficient (Wildman–Crippen LogP) is 1.94. The molecule has 2 rings (SSSR count). The first-order valence-corrected chi connectivity index (χ1v) is 5.28. The number of aromatic amines is 1. The number of nitro groups is 1. The van der Waals surface area contributed by atoms with E-state index in [1.165, 1.54) is 42.7 Å². The summed E-state index contributed by atoms with van der Waals surface area (Å²) in [5.74, 6) is -0.348. The first-order chi connectivity index (χ1) is 9.15. The average molecular weight is 259 g/mol. The number of nitrogens with zero attached hydrogens (tertiary/aromatic N) is 2. The Morgan fingerprint density at radius 1 is 1.37 bits per heavy atom. The lowest BCUT2D eigenvalue weighted by atomic mass is 10.3. The maximum atomic E-state index is 11.4. The van der Waals surface area contributed by atoms with Gasteiger partial charge in [0, 0.05) is 24.4 Å². The number of carbonyl (C=O) groups is 1. The van der Waals surface area contributed by atoms with E-state index in [9.17, 15) is 14.9 Å². The van der Waals surface area contributed by atoms with Crippen LogP contribution < -0.4 is 4.74 Å². The van der Waals surface area contributed by atoms with Crippen LogP contribution in [0.25, 0.3) is 6.08 Å². The summed E-state index contributed by atoms with van der Waals surface area (Å²) in [7, 11) is 0. The normalized spacial score (nSPS) is 10.5. The van der Waals surface area contributed by atoms with E-state index in [1.807, 2.05) is 0 Å². The number of H-pyrrole nitrogens is 1. The highest BCUT2D eigenvalue weighted by molar-refractivity contribution is 5.88. The number of imidazole rings is 1. The van der Waals surface area contributed by atoms with Crippen molar-refractivity contribution in [1.82, 2.24) is 9.97 Å². The molecule has 1 N–H and O–H groups in total. The summed E-state index contributed by atoms with van der Waals surface area (Å²) in [6.45, 7) is 0. The van der Waals surface area contributed by atoms with Gasteiger partial charge >= 0.3 is 5.97 Å². The molecule has 0 bridgehead atoms. The van der Waals surface area contributed by atoms with Gasteiger partial charge in [-0.3, -0.25) is 10.1 Å². The molecule has 0 aliphatic heterocycles. The molecular weight excluding hydrogens is 250 g/mol. The zero-order valence-corrected chi connectivity index (χ0v) is 9.65. The SMILES string of the molecule is O=C(C=Cc1c[nH]cn1)Oc1ccc([N+](=O)[O-])cc1. The Morgan fingerprint density at radius 2 is 2.11 bits per heavy atom. The number of hydrogen-bond acceptors (Lipinski definition) is 5. The van der Waals surface area contributed by atoms with Crippen LogP contribution in [-0.2, 0) is 4.79 Å². The van der Waals surface area contributed by atoms with Gasteiger partial charge in [-0.1, -0.05) is 0 Å². The molecule has 0 aliphatic carbocycles. The fraction of sp³-hybridized carbons (Fsp3) is 0. The number of non-ortho nitro benzene ring substituents is 1. The molecule has 7 nitrogen and oxygen atoms in total. The highest BCUT2D eigenvalue weighted by Gasteiger charge is 2.06. The van der Waals surface area contributed by atoms with Crippen LogP contribution in [-0.4, -0.2) is 20.9 Å². The Labute approximate surface area is 107 Å². The molecule has 1 aromatic heterocycles. The molecule has 0 aliphatic rings. The lowest BCUT2D eigenvalue weighted by Crippen LogP contribution is -2.03. The van der Waals surface area contributed by atoms with E-state index in [2.05, 4.69) is 9.97 Å². The molecule has 2 aromatic rings.